The molecule has 3 unspecified atom stereocenters. The van der Waals surface area contributed by atoms with Crippen LogP contribution in [0.3, 0.4) is 0 Å². The molecule has 0 radical (unpaired) electrons. The standard InChI is InChI=1S/C7H11NO2/c9-7(10)5-3-6-4(5)1-2-8-6/h4-6,8H,1-3H2,(H,9,10). The van der Waals surface area contributed by atoms with Gasteiger partial charge in [0.1, 0.15) is 0 Å². The summed E-state index contributed by atoms with van der Waals surface area (Å²) < 4.78 is 0. The lowest BCUT2D eigenvalue weighted by atomic mass is 9.70. The van der Waals surface area contributed by atoms with Gasteiger partial charge in [0.25, 0.3) is 0 Å². The summed E-state index contributed by atoms with van der Waals surface area (Å²) in [5.41, 5.74) is 0. The van der Waals surface area contributed by atoms with Crippen LogP contribution < -0.4 is 5.32 Å². The Kier molecular flexibility index (Phi) is 1.20. The SMILES string of the molecule is O=C(O)C1CC2NCCC21. The molecule has 3 atom stereocenters. The minimum absolute atomic E-state index is 0.0417. The Labute approximate surface area is 59.4 Å². The van der Waals surface area contributed by atoms with Crippen molar-refractivity contribution < 1.29 is 9.90 Å². The third kappa shape index (κ3) is 0.669. The van der Waals surface area contributed by atoms with Crippen molar-refractivity contribution >= 4 is 5.97 Å². The van der Waals surface area contributed by atoms with E-state index in [1.54, 1.807) is 0 Å². The molecule has 3 nitrogen and oxygen atoms in total. The van der Waals surface area contributed by atoms with E-state index in [4.69, 9.17) is 5.11 Å². The first-order valence-corrected chi connectivity index (χ1v) is 3.75. The minimum Gasteiger partial charge on any atom is -0.481 e. The fourth-order valence-electron chi connectivity index (χ4n) is 2.06. The van der Waals surface area contributed by atoms with E-state index in [9.17, 15) is 4.79 Å². The van der Waals surface area contributed by atoms with Gasteiger partial charge in [-0.3, -0.25) is 4.79 Å². The van der Waals surface area contributed by atoms with Crippen LogP contribution >= 0.6 is 0 Å². The molecule has 0 aromatic heterocycles. The number of carboxylic acid groups (broad SMARTS) is 1. The van der Waals surface area contributed by atoms with E-state index >= 15 is 0 Å². The van der Waals surface area contributed by atoms with Crippen molar-refractivity contribution in [3.63, 3.8) is 0 Å². The van der Waals surface area contributed by atoms with Crippen molar-refractivity contribution in [3.05, 3.63) is 0 Å². The van der Waals surface area contributed by atoms with Gasteiger partial charge in [0.15, 0.2) is 0 Å². The van der Waals surface area contributed by atoms with Gasteiger partial charge in [0, 0.05) is 6.04 Å². The molecule has 0 amide bonds. The summed E-state index contributed by atoms with van der Waals surface area (Å²) in [6.45, 7) is 1.01. The molecule has 1 aliphatic heterocycles. The summed E-state index contributed by atoms with van der Waals surface area (Å²) in [4.78, 5) is 10.5. The maximum Gasteiger partial charge on any atom is 0.306 e. The highest BCUT2D eigenvalue weighted by Crippen LogP contribution is 2.40. The first kappa shape index (κ1) is 6.16. The predicted molar refractivity (Wildman–Crippen MR) is 35.6 cm³/mol. The number of rotatable bonds is 1. The minimum atomic E-state index is -0.607. The van der Waals surface area contributed by atoms with E-state index in [1.165, 1.54) is 0 Å². The van der Waals surface area contributed by atoms with Crippen LogP contribution in [0.25, 0.3) is 0 Å². The average molecular weight is 141 g/mol. The highest BCUT2D eigenvalue weighted by molar-refractivity contribution is 5.72. The second-order valence-corrected chi connectivity index (χ2v) is 3.19. The maximum absolute atomic E-state index is 10.5. The molecular formula is C7H11NO2. The molecule has 0 bridgehead atoms. The molecule has 3 heteroatoms. The molecule has 0 spiro atoms. The van der Waals surface area contributed by atoms with Crippen LogP contribution in [0.1, 0.15) is 12.8 Å². The van der Waals surface area contributed by atoms with Crippen molar-refractivity contribution in [2.45, 2.75) is 18.9 Å². The van der Waals surface area contributed by atoms with Crippen molar-refractivity contribution in [2.75, 3.05) is 6.54 Å². The Morgan fingerprint density at radius 2 is 2.40 bits per heavy atom. The lowest BCUT2D eigenvalue weighted by Gasteiger charge is -2.36. The van der Waals surface area contributed by atoms with Crippen LogP contribution in [0.4, 0.5) is 0 Å². The molecule has 0 aromatic rings. The predicted octanol–water partition coefficient (Wildman–Crippen LogP) is 0.0690. The second kappa shape index (κ2) is 1.95. The Morgan fingerprint density at radius 1 is 1.60 bits per heavy atom. The van der Waals surface area contributed by atoms with Crippen molar-refractivity contribution in [1.82, 2.24) is 5.32 Å². The topological polar surface area (TPSA) is 49.3 Å². The molecule has 2 N–H and O–H groups in total. The number of hydrogen-bond acceptors (Lipinski definition) is 2. The van der Waals surface area contributed by atoms with Gasteiger partial charge in [-0.05, 0) is 25.3 Å². The van der Waals surface area contributed by atoms with Gasteiger partial charge < -0.3 is 10.4 Å². The van der Waals surface area contributed by atoms with Gasteiger partial charge in [0.05, 0.1) is 5.92 Å². The molecule has 1 saturated heterocycles. The van der Waals surface area contributed by atoms with Crippen LogP contribution in [-0.4, -0.2) is 23.7 Å². The first-order valence-electron chi connectivity index (χ1n) is 3.75. The zero-order valence-electron chi connectivity index (χ0n) is 5.71. The molecule has 2 rings (SSSR count). The zero-order chi connectivity index (χ0) is 7.14. The Balaban J connectivity index is 2.00. The Bertz CT molecular complexity index is 169. The summed E-state index contributed by atoms with van der Waals surface area (Å²) in [7, 11) is 0. The molecule has 1 aliphatic carbocycles. The van der Waals surface area contributed by atoms with Gasteiger partial charge in [-0.25, -0.2) is 0 Å². The van der Waals surface area contributed by atoms with Crippen LogP contribution in [0.2, 0.25) is 0 Å². The molecule has 2 fully saturated rings. The van der Waals surface area contributed by atoms with Crippen LogP contribution in [0.5, 0.6) is 0 Å². The van der Waals surface area contributed by atoms with Crippen molar-refractivity contribution in [1.29, 1.82) is 0 Å². The highest BCUT2D eigenvalue weighted by Gasteiger charge is 2.47. The largest absolute Gasteiger partial charge is 0.481 e. The third-order valence-corrected chi connectivity index (χ3v) is 2.74. The normalized spacial score (nSPS) is 44.2. The van der Waals surface area contributed by atoms with E-state index in [1.807, 2.05) is 0 Å². The third-order valence-electron chi connectivity index (χ3n) is 2.74. The lowest BCUT2D eigenvalue weighted by molar-refractivity contribution is -0.148. The second-order valence-electron chi connectivity index (χ2n) is 3.19. The molecule has 1 saturated carbocycles. The van der Waals surface area contributed by atoms with E-state index in [0.29, 0.717) is 12.0 Å². The van der Waals surface area contributed by atoms with Crippen LogP contribution in [0.15, 0.2) is 0 Å². The molecule has 10 heavy (non-hydrogen) atoms. The Morgan fingerprint density at radius 3 is 3.00 bits per heavy atom. The number of hydrogen-bond donors (Lipinski definition) is 2. The Hall–Kier alpha value is -0.570. The number of carboxylic acids is 1. The summed E-state index contributed by atoms with van der Waals surface area (Å²) in [5, 5.41) is 11.9. The number of carbonyl (C=O) groups is 1. The molecule has 0 aromatic carbocycles. The van der Waals surface area contributed by atoms with Gasteiger partial charge >= 0.3 is 5.97 Å². The van der Waals surface area contributed by atoms with Crippen LogP contribution in [0, 0.1) is 11.8 Å². The average Bonchev–Trinajstić information content (AvgIpc) is 2.11. The van der Waals surface area contributed by atoms with E-state index in [2.05, 4.69) is 5.32 Å². The summed E-state index contributed by atoms with van der Waals surface area (Å²) in [6.07, 6.45) is 1.90. The lowest BCUT2D eigenvalue weighted by Crippen LogP contribution is -2.47. The zero-order valence-corrected chi connectivity index (χ0v) is 5.71. The summed E-state index contributed by atoms with van der Waals surface area (Å²) in [5.74, 6) is -0.206. The molecular weight excluding hydrogens is 130 g/mol. The smallest absolute Gasteiger partial charge is 0.306 e. The van der Waals surface area contributed by atoms with E-state index in [-0.39, 0.29) is 5.92 Å². The quantitative estimate of drug-likeness (QED) is 0.543. The monoisotopic (exact) mass is 141 g/mol. The highest BCUT2D eigenvalue weighted by atomic mass is 16.4. The number of nitrogens with one attached hydrogen (secondary N) is 1. The van der Waals surface area contributed by atoms with Crippen molar-refractivity contribution in [3.8, 4) is 0 Å². The number of aliphatic carboxylic acids is 1. The fourth-order valence-corrected chi connectivity index (χ4v) is 2.06. The van der Waals surface area contributed by atoms with E-state index in [0.717, 1.165) is 19.4 Å². The fraction of sp³-hybridized carbons (Fsp3) is 0.857. The van der Waals surface area contributed by atoms with Crippen LogP contribution in [-0.2, 0) is 4.79 Å². The van der Waals surface area contributed by atoms with E-state index < -0.39 is 5.97 Å². The van der Waals surface area contributed by atoms with Gasteiger partial charge in [-0.2, -0.15) is 0 Å². The maximum atomic E-state index is 10.5. The summed E-state index contributed by atoms with van der Waals surface area (Å²) in [6, 6.07) is 0.529. The van der Waals surface area contributed by atoms with Gasteiger partial charge in [-0.1, -0.05) is 0 Å². The van der Waals surface area contributed by atoms with Gasteiger partial charge in [0.2, 0.25) is 0 Å². The molecule has 1 heterocycles. The number of fused-ring (bicyclic) bond motifs is 1. The first-order chi connectivity index (χ1) is 4.79. The summed E-state index contributed by atoms with van der Waals surface area (Å²) >= 11 is 0. The van der Waals surface area contributed by atoms with Crippen molar-refractivity contribution in [2.24, 2.45) is 11.8 Å². The molecule has 56 valence electrons. The molecule has 2 aliphatic rings. The van der Waals surface area contributed by atoms with Gasteiger partial charge in [-0.15, -0.1) is 0 Å².